The lowest BCUT2D eigenvalue weighted by molar-refractivity contribution is -0.119. The van der Waals surface area contributed by atoms with Gasteiger partial charge in [0.25, 0.3) is 0 Å². The summed E-state index contributed by atoms with van der Waals surface area (Å²) in [4.78, 5) is 27.2. The first kappa shape index (κ1) is 24.6. The Morgan fingerprint density at radius 3 is 2.43 bits per heavy atom. The fourth-order valence-electron chi connectivity index (χ4n) is 4.58. The van der Waals surface area contributed by atoms with Gasteiger partial charge in [0, 0.05) is 22.7 Å². The predicted octanol–water partition coefficient (Wildman–Crippen LogP) is 6.28. The molecule has 3 aromatic rings. The highest BCUT2D eigenvalue weighted by Gasteiger charge is 2.35. The molecule has 1 aliphatic carbocycles. The molecule has 0 bridgehead atoms. The van der Waals surface area contributed by atoms with Crippen molar-refractivity contribution in [3.8, 4) is 22.6 Å². The maximum Gasteiger partial charge on any atom is 0.337 e. The molecule has 190 valence electrons. The summed E-state index contributed by atoms with van der Waals surface area (Å²) >= 11 is 0. The molecule has 0 atom stereocenters. The number of ether oxygens (including phenoxy) is 3. The Bertz CT molecular complexity index is 1370. The molecule has 0 saturated heterocycles. The fraction of sp³-hybridized carbons (Fsp3) is 0.290. The zero-order valence-electron chi connectivity index (χ0n) is 21.6. The molecule has 6 heteroatoms. The SMILES string of the molecule is COC(=O)c1ccc(-c2cccc(N(Cc3ccc4c(c3OC)OC(C)(C)C=C4)C(=O)C3CC3)c2)cc1. The number of fused-ring (bicyclic) bond motifs is 1. The average molecular weight is 498 g/mol. The van der Waals surface area contributed by atoms with Gasteiger partial charge in [-0.2, -0.15) is 0 Å². The molecule has 1 fully saturated rings. The van der Waals surface area contributed by atoms with E-state index in [2.05, 4.69) is 0 Å². The summed E-state index contributed by atoms with van der Waals surface area (Å²) < 4.78 is 16.9. The van der Waals surface area contributed by atoms with Crippen molar-refractivity contribution < 1.29 is 23.8 Å². The van der Waals surface area contributed by atoms with Crippen LogP contribution in [-0.4, -0.2) is 31.7 Å². The molecule has 3 aromatic carbocycles. The molecular formula is C31H31NO5. The molecule has 1 amide bonds. The van der Waals surface area contributed by atoms with Crippen molar-refractivity contribution in [2.45, 2.75) is 38.8 Å². The van der Waals surface area contributed by atoms with Crippen molar-refractivity contribution in [2.24, 2.45) is 5.92 Å². The van der Waals surface area contributed by atoms with Crippen molar-refractivity contribution in [1.82, 2.24) is 0 Å². The summed E-state index contributed by atoms with van der Waals surface area (Å²) in [6.45, 7) is 4.37. The predicted molar refractivity (Wildman–Crippen MR) is 144 cm³/mol. The Morgan fingerprint density at radius 2 is 1.76 bits per heavy atom. The largest absolute Gasteiger partial charge is 0.492 e. The van der Waals surface area contributed by atoms with Crippen molar-refractivity contribution in [1.29, 1.82) is 0 Å². The van der Waals surface area contributed by atoms with E-state index in [4.69, 9.17) is 14.2 Å². The molecule has 37 heavy (non-hydrogen) atoms. The molecule has 5 rings (SSSR count). The Kier molecular flexibility index (Phi) is 6.50. The standard InChI is InChI=1S/C31H31NO5/c1-31(2)17-16-21-10-15-25(27(35-3)28(21)37-31)19-32(29(33)22-11-12-22)26-7-5-6-24(18-26)20-8-13-23(14-9-20)30(34)36-4/h5-10,13-18,22H,11-12,19H2,1-4H3. The Morgan fingerprint density at radius 1 is 1.00 bits per heavy atom. The minimum atomic E-state index is -0.444. The van der Waals surface area contributed by atoms with Gasteiger partial charge in [-0.25, -0.2) is 4.79 Å². The third kappa shape index (κ3) is 5.10. The number of anilines is 1. The zero-order valence-corrected chi connectivity index (χ0v) is 21.6. The number of hydrogen-bond donors (Lipinski definition) is 0. The average Bonchev–Trinajstić information content (AvgIpc) is 3.76. The van der Waals surface area contributed by atoms with Crippen LogP contribution in [0.25, 0.3) is 17.2 Å². The number of carbonyl (C=O) groups excluding carboxylic acids is 2. The second-order valence-electron chi connectivity index (χ2n) is 10.0. The van der Waals surface area contributed by atoms with Crippen LogP contribution in [0.15, 0.2) is 66.7 Å². The first-order chi connectivity index (χ1) is 17.8. The summed E-state index contributed by atoms with van der Waals surface area (Å²) in [6.07, 6.45) is 5.90. The maximum absolute atomic E-state index is 13.5. The monoisotopic (exact) mass is 497 g/mol. The number of benzene rings is 3. The van der Waals surface area contributed by atoms with E-state index in [0.29, 0.717) is 23.6 Å². The van der Waals surface area contributed by atoms with Crippen LogP contribution in [0.4, 0.5) is 5.69 Å². The van der Waals surface area contributed by atoms with Crippen LogP contribution in [0.3, 0.4) is 0 Å². The summed E-state index contributed by atoms with van der Waals surface area (Å²) in [5.41, 5.74) is 4.60. The van der Waals surface area contributed by atoms with E-state index < -0.39 is 5.60 Å². The van der Waals surface area contributed by atoms with E-state index in [1.165, 1.54) is 7.11 Å². The minimum absolute atomic E-state index is 0.0461. The van der Waals surface area contributed by atoms with Crippen molar-refractivity contribution in [3.05, 3.63) is 83.4 Å². The first-order valence-electron chi connectivity index (χ1n) is 12.5. The highest BCUT2D eigenvalue weighted by molar-refractivity contribution is 5.97. The molecule has 0 unspecified atom stereocenters. The van der Waals surface area contributed by atoms with E-state index in [9.17, 15) is 9.59 Å². The second kappa shape index (κ2) is 9.77. The summed E-state index contributed by atoms with van der Waals surface area (Å²) in [7, 11) is 3.01. The molecular weight excluding hydrogens is 466 g/mol. The minimum Gasteiger partial charge on any atom is -0.492 e. The third-order valence-corrected chi connectivity index (χ3v) is 6.78. The molecule has 0 N–H and O–H groups in total. The Hall–Kier alpha value is -4.06. The van der Waals surface area contributed by atoms with Gasteiger partial charge in [-0.3, -0.25) is 4.79 Å². The zero-order chi connectivity index (χ0) is 26.2. The van der Waals surface area contributed by atoms with Gasteiger partial charge in [0.05, 0.1) is 26.3 Å². The Balaban J connectivity index is 1.50. The van der Waals surface area contributed by atoms with Crippen molar-refractivity contribution in [3.63, 3.8) is 0 Å². The van der Waals surface area contributed by atoms with Gasteiger partial charge in [-0.15, -0.1) is 0 Å². The molecule has 1 aliphatic heterocycles. The van der Waals surface area contributed by atoms with Gasteiger partial charge in [0.15, 0.2) is 11.5 Å². The number of methoxy groups -OCH3 is 2. The van der Waals surface area contributed by atoms with Gasteiger partial charge in [0.2, 0.25) is 5.91 Å². The number of carbonyl (C=O) groups is 2. The molecule has 0 spiro atoms. The van der Waals surface area contributed by atoms with Crippen LogP contribution in [0.5, 0.6) is 11.5 Å². The second-order valence-corrected chi connectivity index (χ2v) is 10.0. The number of rotatable bonds is 7. The summed E-state index contributed by atoms with van der Waals surface area (Å²) in [5, 5.41) is 0. The molecule has 0 radical (unpaired) electrons. The van der Waals surface area contributed by atoms with Crippen LogP contribution >= 0.6 is 0 Å². The number of nitrogens with zero attached hydrogens (tertiary/aromatic N) is 1. The molecule has 1 heterocycles. The highest BCUT2D eigenvalue weighted by Crippen LogP contribution is 2.42. The van der Waals surface area contributed by atoms with Crippen molar-refractivity contribution in [2.75, 3.05) is 19.1 Å². The first-order valence-corrected chi connectivity index (χ1v) is 12.5. The summed E-state index contributed by atoms with van der Waals surface area (Å²) in [5.74, 6) is 1.14. The fourth-order valence-corrected chi connectivity index (χ4v) is 4.58. The summed E-state index contributed by atoms with van der Waals surface area (Å²) in [6, 6.07) is 19.2. The maximum atomic E-state index is 13.5. The lowest BCUT2D eigenvalue weighted by Gasteiger charge is -2.31. The van der Waals surface area contributed by atoms with Crippen LogP contribution in [-0.2, 0) is 16.1 Å². The molecule has 1 saturated carbocycles. The lowest BCUT2D eigenvalue weighted by Crippen LogP contribution is -2.32. The van der Waals surface area contributed by atoms with Gasteiger partial charge in [0.1, 0.15) is 5.60 Å². The van der Waals surface area contributed by atoms with Crippen LogP contribution in [0.2, 0.25) is 0 Å². The van der Waals surface area contributed by atoms with E-state index >= 15 is 0 Å². The van der Waals surface area contributed by atoms with E-state index in [1.54, 1.807) is 19.2 Å². The van der Waals surface area contributed by atoms with E-state index in [1.807, 2.05) is 79.4 Å². The van der Waals surface area contributed by atoms with Gasteiger partial charge >= 0.3 is 5.97 Å². The van der Waals surface area contributed by atoms with Crippen LogP contribution in [0, 0.1) is 5.92 Å². The number of amides is 1. The number of hydrogen-bond acceptors (Lipinski definition) is 5. The lowest BCUT2D eigenvalue weighted by atomic mass is 9.99. The van der Waals surface area contributed by atoms with Gasteiger partial charge in [-0.05, 0) is 68.2 Å². The quantitative estimate of drug-likeness (QED) is 0.360. The van der Waals surface area contributed by atoms with Crippen molar-refractivity contribution >= 4 is 23.6 Å². The van der Waals surface area contributed by atoms with Crippen LogP contribution in [0.1, 0.15) is 48.2 Å². The van der Waals surface area contributed by atoms with Gasteiger partial charge < -0.3 is 19.1 Å². The highest BCUT2D eigenvalue weighted by atomic mass is 16.5. The smallest absolute Gasteiger partial charge is 0.337 e. The van der Waals surface area contributed by atoms with E-state index in [-0.39, 0.29) is 17.8 Å². The number of esters is 1. The molecule has 6 nitrogen and oxygen atoms in total. The normalized spacial score (nSPS) is 15.4. The Labute approximate surface area is 217 Å². The third-order valence-electron chi connectivity index (χ3n) is 6.78. The molecule has 2 aliphatic rings. The molecule has 0 aromatic heterocycles. The topological polar surface area (TPSA) is 65.1 Å². The van der Waals surface area contributed by atoms with E-state index in [0.717, 1.165) is 40.8 Å². The van der Waals surface area contributed by atoms with Crippen LogP contribution < -0.4 is 14.4 Å². The van der Waals surface area contributed by atoms with Gasteiger partial charge in [-0.1, -0.05) is 42.5 Å².